The van der Waals surface area contributed by atoms with Gasteiger partial charge in [0.05, 0.1) is 12.1 Å². The third-order valence-electron chi connectivity index (χ3n) is 3.51. The Morgan fingerprint density at radius 2 is 2.00 bits per heavy atom. The van der Waals surface area contributed by atoms with Gasteiger partial charge in [-0.05, 0) is 54.0 Å². The minimum atomic E-state index is -0.0232. The molecule has 1 aromatic heterocycles. The Labute approximate surface area is 118 Å². The van der Waals surface area contributed by atoms with Crippen LogP contribution < -0.4 is 10.5 Å². The van der Waals surface area contributed by atoms with E-state index >= 15 is 0 Å². The Hall–Kier alpha value is -1.32. The zero-order valence-electron chi connectivity index (χ0n) is 11.1. The molecule has 2 aromatic rings. The first-order valence-electron chi connectivity index (χ1n) is 6.86. The molecule has 100 valence electrons. The van der Waals surface area contributed by atoms with Crippen molar-refractivity contribution in [2.45, 2.75) is 38.3 Å². The van der Waals surface area contributed by atoms with Crippen LogP contribution in [0.5, 0.6) is 5.75 Å². The molecule has 1 saturated carbocycles. The predicted octanol–water partition coefficient (Wildman–Crippen LogP) is 3.90. The molecule has 1 heterocycles. The van der Waals surface area contributed by atoms with Crippen LogP contribution in [0.15, 0.2) is 35.7 Å². The van der Waals surface area contributed by atoms with E-state index in [2.05, 4.69) is 30.5 Å². The van der Waals surface area contributed by atoms with Gasteiger partial charge in [-0.15, -0.1) is 11.3 Å². The molecule has 0 aliphatic heterocycles. The van der Waals surface area contributed by atoms with Crippen molar-refractivity contribution in [3.63, 3.8) is 0 Å². The quantitative estimate of drug-likeness (QED) is 0.896. The Bertz CT molecular complexity index is 542. The van der Waals surface area contributed by atoms with Crippen molar-refractivity contribution in [2.75, 3.05) is 0 Å². The molecular formula is C16H19NOS. The molecule has 0 spiro atoms. The number of hydrogen-bond acceptors (Lipinski definition) is 3. The van der Waals surface area contributed by atoms with E-state index in [4.69, 9.17) is 10.5 Å². The van der Waals surface area contributed by atoms with Crippen molar-refractivity contribution in [1.29, 1.82) is 0 Å². The second-order valence-electron chi connectivity index (χ2n) is 5.03. The predicted molar refractivity (Wildman–Crippen MR) is 79.8 cm³/mol. The highest BCUT2D eigenvalue weighted by Gasteiger charge is 2.23. The summed E-state index contributed by atoms with van der Waals surface area (Å²) in [5.41, 5.74) is 8.88. The summed E-state index contributed by atoms with van der Waals surface area (Å²) >= 11 is 1.75. The second kappa shape index (κ2) is 5.35. The summed E-state index contributed by atoms with van der Waals surface area (Å²) in [6, 6.07) is 10.4. The minimum absolute atomic E-state index is 0.0232. The van der Waals surface area contributed by atoms with Crippen LogP contribution in [0, 0.1) is 0 Å². The average molecular weight is 273 g/mol. The molecule has 0 bridgehead atoms. The third-order valence-corrected chi connectivity index (χ3v) is 4.55. The van der Waals surface area contributed by atoms with E-state index in [-0.39, 0.29) is 6.04 Å². The van der Waals surface area contributed by atoms with Gasteiger partial charge in [0.25, 0.3) is 0 Å². The molecule has 1 aromatic carbocycles. The molecule has 1 unspecified atom stereocenters. The highest BCUT2D eigenvalue weighted by molar-refractivity contribution is 7.10. The standard InChI is InChI=1S/C16H19NOS/c1-2-11-9-10-19-16(11)15(17)12-3-5-13(6-4-12)18-14-7-8-14/h3-6,9-10,14-15H,2,7-8,17H2,1H3. The van der Waals surface area contributed by atoms with Gasteiger partial charge in [0.2, 0.25) is 0 Å². The maximum atomic E-state index is 6.37. The summed E-state index contributed by atoms with van der Waals surface area (Å²) < 4.78 is 5.76. The van der Waals surface area contributed by atoms with Crippen LogP contribution in [0.4, 0.5) is 0 Å². The van der Waals surface area contributed by atoms with Gasteiger partial charge in [-0.1, -0.05) is 19.1 Å². The number of aryl methyl sites for hydroxylation is 1. The van der Waals surface area contributed by atoms with Crippen LogP contribution in [0.2, 0.25) is 0 Å². The molecular weight excluding hydrogens is 254 g/mol. The number of ether oxygens (including phenoxy) is 1. The Morgan fingerprint density at radius 1 is 1.26 bits per heavy atom. The summed E-state index contributed by atoms with van der Waals surface area (Å²) in [7, 11) is 0. The Kier molecular flexibility index (Phi) is 3.58. The zero-order valence-corrected chi connectivity index (χ0v) is 12.0. The zero-order chi connectivity index (χ0) is 13.2. The fourth-order valence-electron chi connectivity index (χ4n) is 2.20. The highest BCUT2D eigenvalue weighted by atomic mass is 32.1. The van der Waals surface area contributed by atoms with E-state index < -0.39 is 0 Å². The third kappa shape index (κ3) is 2.82. The smallest absolute Gasteiger partial charge is 0.119 e. The molecule has 3 heteroatoms. The average Bonchev–Trinajstić information content (AvgIpc) is 3.12. The Balaban J connectivity index is 1.77. The van der Waals surface area contributed by atoms with Crippen molar-refractivity contribution in [3.05, 3.63) is 51.7 Å². The molecule has 1 fully saturated rings. The number of thiophene rings is 1. The SMILES string of the molecule is CCc1ccsc1C(N)c1ccc(OC2CC2)cc1. The molecule has 0 radical (unpaired) electrons. The first-order chi connectivity index (χ1) is 9.28. The van der Waals surface area contributed by atoms with Crippen molar-refractivity contribution in [3.8, 4) is 5.75 Å². The summed E-state index contributed by atoms with van der Waals surface area (Å²) in [5.74, 6) is 0.959. The van der Waals surface area contributed by atoms with Crippen LogP contribution in [-0.4, -0.2) is 6.10 Å². The largest absolute Gasteiger partial charge is 0.490 e. The summed E-state index contributed by atoms with van der Waals surface area (Å²) in [5, 5.41) is 2.12. The van der Waals surface area contributed by atoms with Gasteiger partial charge >= 0.3 is 0 Å². The maximum absolute atomic E-state index is 6.37. The van der Waals surface area contributed by atoms with Crippen LogP contribution in [0.3, 0.4) is 0 Å². The van der Waals surface area contributed by atoms with Gasteiger partial charge in [0.15, 0.2) is 0 Å². The minimum Gasteiger partial charge on any atom is -0.490 e. The topological polar surface area (TPSA) is 35.2 Å². The van der Waals surface area contributed by atoms with Gasteiger partial charge in [-0.2, -0.15) is 0 Å². The monoisotopic (exact) mass is 273 g/mol. The molecule has 0 amide bonds. The first-order valence-corrected chi connectivity index (χ1v) is 7.74. The van der Waals surface area contributed by atoms with E-state index in [1.54, 1.807) is 11.3 Å². The number of hydrogen-bond donors (Lipinski definition) is 1. The molecule has 2 nitrogen and oxygen atoms in total. The fraction of sp³-hybridized carbons (Fsp3) is 0.375. The van der Waals surface area contributed by atoms with Crippen molar-refractivity contribution >= 4 is 11.3 Å². The summed E-state index contributed by atoms with van der Waals surface area (Å²) in [6.07, 6.45) is 3.87. The van der Waals surface area contributed by atoms with E-state index in [1.807, 2.05) is 12.1 Å². The lowest BCUT2D eigenvalue weighted by atomic mass is 10.0. The fourth-order valence-corrected chi connectivity index (χ4v) is 3.22. The summed E-state index contributed by atoms with van der Waals surface area (Å²) in [6.45, 7) is 2.17. The molecule has 19 heavy (non-hydrogen) atoms. The Morgan fingerprint density at radius 3 is 2.63 bits per heavy atom. The van der Waals surface area contributed by atoms with E-state index in [0.717, 1.165) is 17.7 Å². The normalized spacial score (nSPS) is 16.3. The van der Waals surface area contributed by atoms with Crippen LogP contribution in [0.1, 0.15) is 41.8 Å². The van der Waals surface area contributed by atoms with Gasteiger partial charge in [-0.3, -0.25) is 0 Å². The number of benzene rings is 1. The van der Waals surface area contributed by atoms with Crippen LogP contribution in [0.25, 0.3) is 0 Å². The van der Waals surface area contributed by atoms with E-state index in [1.165, 1.54) is 23.3 Å². The number of nitrogens with two attached hydrogens (primary N) is 1. The second-order valence-corrected chi connectivity index (χ2v) is 5.98. The molecule has 1 aliphatic rings. The molecule has 0 saturated heterocycles. The summed E-state index contributed by atoms with van der Waals surface area (Å²) in [4.78, 5) is 1.28. The lowest BCUT2D eigenvalue weighted by molar-refractivity contribution is 0.303. The number of rotatable bonds is 5. The molecule has 1 aliphatic carbocycles. The first kappa shape index (κ1) is 12.7. The van der Waals surface area contributed by atoms with Gasteiger partial charge in [-0.25, -0.2) is 0 Å². The van der Waals surface area contributed by atoms with Crippen LogP contribution in [-0.2, 0) is 6.42 Å². The molecule has 2 N–H and O–H groups in total. The van der Waals surface area contributed by atoms with Crippen molar-refractivity contribution in [1.82, 2.24) is 0 Å². The lowest BCUT2D eigenvalue weighted by Gasteiger charge is -2.13. The van der Waals surface area contributed by atoms with Gasteiger partial charge in [0, 0.05) is 4.88 Å². The van der Waals surface area contributed by atoms with Gasteiger partial charge in [0.1, 0.15) is 5.75 Å². The van der Waals surface area contributed by atoms with E-state index in [0.29, 0.717) is 6.10 Å². The molecule has 3 rings (SSSR count). The van der Waals surface area contributed by atoms with Gasteiger partial charge < -0.3 is 10.5 Å². The van der Waals surface area contributed by atoms with Crippen LogP contribution >= 0.6 is 11.3 Å². The lowest BCUT2D eigenvalue weighted by Crippen LogP contribution is -2.11. The van der Waals surface area contributed by atoms with Crippen molar-refractivity contribution in [2.24, 2.45) is 5.73 Å². The molecule has 1 atom stereocenters. The highest BCUT2D eigenvalue weighted by Crippen LogP contribution is 2.31. The maximum Gasteiger partial charge on any atom is 0.119 e. The van der Waals surface area contributed by atoms with Crippen molar-refractivity contribution < 1.29 is 4.74 Å². The van der Waals surface area contributed by atoms with E-state index in [9.17, 15) is 0 Å².